The molecule has 98 valence electrons. The molecule has 0 bridgehead atoms. The summed E-state index contributed by atoms with van der Waals surface area (Å²) in [5, 5.41) is 11.9. The van der Waals surface area contributed by atoms with Crippen LogP contribution in [-0.2, 0) is 0 Å². The zero-order valence-corrected chi connectivity index (χ0v) is 11.0. The third-order valence-electron chi connectivity index (χ3n) is 2.40. The molecule has 0 aliphatic carbocycles. The molecular weight excluding hydrogens is 292 g/mol. The van der Waals surface area contributed by atoms with Crippen LogP contribution in [0.1, 0.15) is 10.4 Å². The molecule has 0 heterocycles. The second-order valence-corrected chi connectivity index (χ2v) is 4.53. The molecule has 0 radical (unpaired) electrons. The highest BCUT2D eigenvalue weighted by Crippen LogP contribution is 2.26. The first-order valence-electron chi connectivity index (χ1n) is 5.23. The lowest BCUT2D eigenvalue weighted by molar-refractivity contribution is 0.102. The number of carbonyl (C=O) groups excluding carboxylic acids is 1. The van der Waals surface area contributed by atoms with Crippen molar-refractivity contribution in [2.45, 2.75) is 0 Å². The first kappa shape index (κ1) is 13.6. The van der Waals surface area contributed by atoms with Crippen LogP contribution in [0.25, 0.3) is 0 Å². The molecule has 2 aromatic carbocycles. The first-order valence-corrected chi connectivity index (χ1v) is 5.98. The van der Waals surface area contributed by atoms with Crippen molar-refractivity contribution in [3.05, 3.63) is 57.8 Å². The molecule has 0 saturated carbocycles. The van der Waals surface area contributed by atoms with Gasteiger partial charge in [0.1, 0.15) is 0 Å². The number of rotatable bonds is 2. The van der Waals surface area contributed by atoms with Crippen LogP contribution in [-0.4, -0.2) is 11.0 Å². The second-order valence-electron chi connectivity index (χ2n) is 3.72. The van der Waals surface area contributed by atoms with E-state index in [0.717, 1.165) is 12.1 Å². The molecule has 3 nitrogen and oxygen atoms in total. The van der Waals surface area contributed by atoms with Crippen molar-refractivity contribution in [3.8, 4) is 5.75 Å². The normalized spacial score (nSPS) is 10.3. The highest BCUT2D eigenvalue weighted by molar-refractivity contribution is 6.40. The minimum Gasteiger partial charge on any atom is -0.505 e. The van der Waals surface area contributed by atoms with Gasteiger partial charge in [-0.2, -0.15) is 0 Å². The first-order chi connectivity index (χ1) is 8.99. The summed E-state index contributed by atoms with van der Waals surface area (Å²) in [5.74, 6) is -1.88. The van der Waals surface area contributed by atoms with E-state index >= 15 is 0 Å². The van der Waals surface area contributed by atoms with Crippen LogP contribution in [0.2, 0.25) is 10.0 Å². The number of anilines is 1. The Balaban J connectivity index is 2.28. The topological polar surface area (TPSA) is 49.3 Å². The Hall–Kier alpha value is -1.78. The number of hydrogen-bond acceptors (Lipinski definition) is 2. The maximum Gasteiger partial charge on any atom is 0.258 e. The van der Waals surface area contributed by atoms with Crippen molar-refractivity contribution in [2.24, 2.45) is 0 Å². The SMILES string of the molecule is O=C(Nc1ccc(O)c(F)c1)c1c(Cl)cccc1Cl. The molecule has 2 N–H and O–H groups in total. The Bertz CT molecular complexity index is 626. The summed E-state index contributed by atoms with van der Waals surface area (Å²) in [6.45, 7) is 0. The Kier molecular flexibility index (Phi) is 3.93. The highest BCUT2D eigenvalue weighted by atomic mass is 35.5. The number of amides is 1. The lowest BCUT2D eigenvalue weighted by Crippen LogP contribution is -2.13. The van der Waals surface area contributed by atoms with Crippen LogP contribution in [0, 0.1) is 5.82 Å². The van der Waals surface area contributed by atoms with Crippen molar-refractivity contribution >= 4 is 34.8 Å². The van der Waals surface area contributed by atoms with Crippen molar-refractivity contribution in [2.75, 3.05) is 5.32 Å². The van der Waals surface area contributed by atoms with Gasteiger partial charge in [-0.05, 0) is 24.3 Å². The number of phenolic OH excluding ortho intramolecular Hbond substituents is 1. The monoisotopic (exact) mass is 299 g/mol. The van der Waals surface area contributed by atoms with Crippen LogP contribution in [0.3, 0.4) is 0 Å². The molecule has 0 saturated heterocycles. The summed E-state index contributed by atoms with van der Waals surface area (Å²) in [5.41, 5.74) is 0.301. The summed E-state index contributed by atoms with van der Waals surface area (Å²) >= 11 is 11.8. The molecular formula is C13H8Cl2FNO2. The lowest BCUT2D eigenvalue weighted by Gasteiger charge is -2.08. The molecule has 19 heavy (non-hydrogen) atoms. The van der Waals surface area contributed by atoms with Gasteiger partial charge in [0.25, 0.3) is 5.91 Å². The van der Waals surface area contributed by atoms with E-state index in [1.54, 1.807) is 6.07 Å². The average Bonchev–Trinajstić information content (AvgIpc) is 2.33. The van der Waals surface area contributed by atoms with Gasteiger partial charge in [0.15, 0.2) is 11.6 Å². The minimum absolute atomic E-state index is 0.110. The number of carbonyl (C=O) groups is 1. The maximum absolute atomic E-state index is 13.1. The number of hydrogen-bond donors (Lipinski definition) is 2. The molecule has 0 atom stereocenters. The Morgan fingerprint density at radius 2 is 1.79 bits per heavy atom. The second kappa shape index (κ2) is 5.47. The van der Waals surface area contributed by atoms with Gasteiger partial charge < -0.3 is 10.4 Å². The third kappa shape index (κ3) is 2.97. The lowest BCUT2D eigenvalue weighted by atomic mass is 10.2. The minimum atomic E-state index is -0.831. The Morgan fingerprint density at radius 3 is 2.37 bits per heavy atom. The van der Waals surface area contributed by atoms with Crippen molar-refractivity contribution in [3.63, 3.8) is 0 Å². The molecule has 0 fully saturated rings. The smallest absolute Gasteiger partial charge is 0.258 e. The van der Waals surface area contributed by atoms with E-state index in [1.165, 1.54) is 18.2 Å². The van der Waals surface area contributed by atoms with Gasteiger partial charge in [0, 0.05) is 11.8 Å². The Labute approximate surface area is 118 Å². The average molecular weight is 300 g/mol. The number of aromatic hydroxyl groups is 1. The third-order valence-corrected chi connectivity index (χ3v) is 3.03. The largest absolute Gasteiger partial charge is 0.505 e. The van der Waals surface area contributed by atoms with Crippen LogP contribution in [0.15, 0.2) is 36.4 Å². The standard InChI is InChI=1S/C13H8Cl2FNO2/c14-8-2-1-3-9(15)12(8)13(19)17-7-4-5-11(18)10(16)6-7/h1-6,18H,(H,17,19). The number of halogens is 3. The quantitative estimate of drug-likeness (QED) is 0.821. The fraction of sp³-hybridized carbons (Fsp3) is 0. The van der Waals surface area contributed by atoms with Gasteiger partial charge in [-0.15, -0.1) is 0 Å². The van der Waals surface area contributed by atoms with Crippen molar-refractivity contribution < 1.29 is 14.3 Å². The van der Waals surface area contributed by atoms with E-state index in [-0.39, 0.29) is 21.3 Å². The molecule has 1 amide bonds. The van der Waals surface area contributed by atoms with Gasteiger partial charge in [0.05, 0.1) is 15.6 Å². The van der Waals surface area contributed by atoms with Gasteiger partial charge in [-0.3, -0.25) is 4.79 Å². The summed E-state index contributed by atoms with van der Waals surface area (Å²) < 4.78 is 13.1. The molecule has 6 heteroatoms. The molecule has 0 unspecified atom stereocenters. The summed E-state index contributed by atoms with van der Waals surface area (Å²) in [6.07, 6.45) is 0. The molecule has 2 rings (SSSR count). The zero-order chi connectivity index (χ0) is 14.0. The summed E-state index contributed by atoms with van der Waals surface area (Å²) in [6, 6.07) is 8.17. The van der Waals surface area contributed by atoms with Crippen molar-refractivity contribution in [1.29, 1.82) is 0 Å². The van der Waals surface area contributed by atoms with Crippen LogP contribution >= 0.6 is 23.2 Å². The van der Waals surface area contributed by atoms with E-state index in [9.17, 15) is 9.18 Å². The van der Waals surface area contributed by atoms with Gasteiger partial charge in [-0.1, -0.05) is 29.3 Å². The van der Waals surface area contributed by atoms with E-state index in [0.29, 0.717) is 0 Å². The van der Waals surface area contributed by atoms with E-state index in [2.05, 4.69) is 5.32 Å². The van der Waals surface area contributed by atoms with Crippen LogP contribution < -0.4 is 5.32 Å². The van der Waals surface area contributed by atoms with Gasteiger partial charge in [-0.25, -0.2) is 4.39 Å². The van der Waals surface area contributed by atoms with Crippen LogP contribution in [0.5, 0.6) is 5.75 Å². The van der Waals surface area contributed by atoms with Crippen LogP contribution in [0.4, 0.5) is 10.1 Å². The molecule has 2 aromatic rings. The van der Waals surface area contributed by atoms with E-state index in [1.807, 2.05) is 0 Å². The fourth-order valence-electron chi connectivity index (χ4n) is 1.49. The molecule has 0 aromatic heterocycles. The van der Waals surface area contributed by atoms with Gasteiger partial charge >= 0.3 is 0 Å². The zero-order valence-electron chi connectivity index (χ0n) is 9.45. The highest BCUT2D eigenvalue weighted by Gasteiger charge is 2.15. The summed E-state index contributed by atoms with van der Waals surface area (Å²) in [7, 11) is 0. The van der Waals surface area contributed by atoms with Gasteiger partial charge in [0.2, 0.25) is 0 Å². The van der Waals surface area contributed by atoms with Crippen molar-refractivity contribution in [1.82, 2.24) is 0 Å². The molecule has 0 spiro atoms. The number of phenols is 1. The maximum atomic E-state index is 13.1. The summed E-state index contributed by atoms with van der Waals surface area (Å²) in [4.78, 5) is 12.0. The number of nitrogens with one attached hydrogen (secondary N) is 1. The van der Waals surface area contributed by atoms with E-state index < -0.39 is 17.5 Å². The molecule has 0 aliphatic heterocycles. The predicted molar refractivity (Wildman–Crippen MR) is 72.5 cm³/mol. The number of benzene rings is 2. The molecule has 0 aliphatic rings. The predicted octanol–water partition coefficient (Wildman–Crippen LogP) is 4.09. The fourth-order valence-corrected chi connectivity index (χ4v) is 2.06. The van der Waals surface area contributed by atoms with E-state index in [4.69, 9.17) is 28.3 Å². The Morgan fingerprint density at radius 1 is 1.16 bits per heavy atom.